The first-order valence-electron chi connectivity index (χ1n) is 12.8. The van der Waals surface area contributed by atoms with E-state index in [1.54, 1.807) is 19.2 Å². The lowest BCUT2D eigenvalue weighted by atomic mass is 10.0. The molecular weight excluding hydrogens is 513 g/mol. The molecule has 1 heterocycles. The lowest BCUT2D eigenvalue weighted by Gasteiger charge is -2.32. The van der Waals surface area contributed by atoms with Crippen molar-refractivity contribution in [1.29, 1.82) is 0 Å². The van der Waals surface area contributed by atoms with Crippen LogP contribution < -0.4 is 5.32 Å². The van der Waals surface area contributed by atoms with Crippen LogP contribution in [-0.2, 0) is 25.4 Å². The number of likely N-dealkylation sites (tertiary alicyclic amines) is 1. The van der Waals surface area contributed by atoms with Gasteiger partial charge in [-0.2, -0.15) is 0 Å². The average Bonchev–Trinajstić information content (AvgIpc) is 3.36. The van der Waals surface area contributed by atoms with Crippen molar-refractivity contribution >= 4 is 29.1 Å². The minimum Gasteiger partial charge on any atom is -0.382 e. The Bertz CT molecular complexity index is 950. The highest BCUT2D eigenvalue weighted by atomic mass is 35.5. The third kappa shape index (κ3) is 10.2. The number of likely N-dealkylation sites (N-methyl/N-ethyl adjacent to an activating group) is 1. The van der Waals surface area contributed by atoms with E-state index in [0.29, 0.717) is 49.1 Å². The van der Waals surface area contributed by atoms with Gasteiger partial charge in [0.15, 0.2) is 0 Å². The predicted molar refractivity (Wildman–Crippen MR) is 148 cm³/mol. The number of hydrogen-bond donors (Lipinski definition) is 1. The zero-order valence-corrected chi connectivity index (χ0v) is 23.3. The van der Waals surface area contributed by atoms with Gasteiger partial charge in [-0.25, -0.2) is 0 Å². The molecule has 2 atom stereocenters. The van der Waals surface area contributed by atoms with Gasteiger partial charge in [-0.1, -0.05) is 59.6 Å². The minimum atomic E-state index is -0.0448. The Morgan fingerprint density at radius 2 is 1.78 bits per heavy atom. The van der Waals surface area contributed by atoms with Crippen LogP contribution in [0, 0.1) is 0 Å². The highest BCUT2D eigenvalue weighted by Crippen LogP contribution is 2.26. The standard InChI is InChI=1S/C28H39Cl2N3O4/c1-32(28(34)19-22-8-9-25(29)26(30)18-22)27(23-6-4-3-5-7-23)21-33-12-10-24(20-33)31-11-13-36-16-17-37-15-14-35-2/h3-9,18,24,27,31H,10-17,19-21H2,1-2H3/t24-,27?/m0/s1. The molecule has 0 spiro atoms. The minimum absolute atomic E-state index is 0.0448. The molecule has 7 nitrogen and oxygen atoms in total. The van der Waals surface area contributed by atoms with E-state index in [0.717, 1.165) is 43.7 Å². The van der Waals surface area contributed by atoms with Crippen LogP contribution in [0.4, 0.5) is 0 Å². The smallest absolute Gasteiger partial charge is 0.227 e. The Balaban J connectivity index is 1.47. The van der Waals surface area contributed by atoms with Gasteiger partial charge in [-0.05, 0) is 36.2 Å². The Morgan fingerprint density at radius 3 is 2.51 bits per heavy atom. The first-order chi connectivity index (χ1) is 18.0. The van der Waals surface area contributed by atoms with Crippen LogP contribution in [-0.4, -0.2) is 95.1 Å². The van der Waals surface area contributed by atoms with Gasteiger partial charge in [0.1, 0.15) is 0 Å². The van der Waals surface area contributed by atoms with Crippen molar-refractivity contribution in [2.24, 2.45) is 0 Å². The number of rotatable bonds is 16. The zero-order chi connectivity index (χ0) is 26.5. The number of nitrogens with zero attached hydrogens (tertiary/aromatic N) is 2. The summed E-state index contributed by atoms with van der Waals surface area (Å²) in [5, 5.41) is 4.55. The quantitative estimate of drug-likeness (QED) is 0.317. The van der Waals surface area contributed by atoms with E-state index in [1.807, 2.05) is 36.2 Å². The molecule has 2 aromatic rings. The second-order valence-electron chi connectivity index (χ2n) is 9.27. The van der Waals surface area contributed by atoms with Gasteiger partial charge in [0.25, 0.3) is 0 Å². The molecule has 1 aliphatic rings. The first-order valence-corrected chi connectivity index (χ1v) is 13.6. The summed E-state index contributed by atoms with van der Waals surface area (Å²) in [6, 6.07) is 16.0. The predicted octanol–water partition coefficient (Wildman–Crippen LogP) is 4.08. The topological polar surface area (TPSA) is 63.3 Å². The molecule has 0 bridgehead atoms. The molecular formula is C28H39Cl2N3O4. The second kappa shape index (κ2) is 16.3. The van der Waals surface area contributed by atoms with Gasteiger partial charge < -0.3 is 24.4 Å². The third-order valence-corrected chi connectivity index (χ3v) is 7.31. The Labute approximate surface area is 230 Å². The Kier molecular flexibility index (Phi) is 13.1. The van der Waals surface area contributed by atoms with Crippen LogP contribution in [0.2, 0.25) is 10.0 Å². The van der Waals surface area contributed by atoms with E-state index >= 15 is 0 Å². The van der Waals surface area contributed by atoms with Crippen molar-refractivity contribution in [3.63, 3.8) is 0 Å². The number of benzene rings is 2. The molecule has 2 aromatic carbocycles. The normalized spacial score (nSPS) is 16.7. The molecule has 1 aliphatic heterocycles. The fourth-order valence-corrected chi connectivity index (χ4v) is 4.78. The lowest BCUT2D eigenvalue weighted by Crippen LogP contribution is -2.41. The van der Waals surface area contributed by atoms with Crippen molar-refractivity contribution in [3.8, 4) is 0 Å². The maximum atomic E-state index is 13.3. The fourth-order valence-electron chi connectivity index (χ4n) is 4.46. The van der Waals surface area contributed by atoms with Crippen LogP contribution in [0.1, 0.15) is 23.6 Å². The second-order valence-corrected chi connectivity index (χ2v) is 10.1. The summed E-state index contributed by atoms with van der Waals surface area (Å²) in [5.74, 6) is 0.0458. The van der Waals surface area contributed by atoms with Crippen molar-refractivity contribution < 1.29 is 19.0 Å². The number of hydrogen-bond acceptors (Lipinski definition) is 6. The molecule has 9 heteroatoms. The Morgan fingerprint density at radius 1 is 1.05 bits per heavy atom. The van der Waals surface area contributed by atoms with Gasteiger partial charge in [-0.3, -0.25) is 9.69 Å². The molecule has 0 radical (unpaired) electrons. The highest BCUT2D eigenvalue weighted by molar-refractivity contribution is 6.42. The highest BCUT2D eigenvalue weighted by Gasteiger charge is 2.28. The number of carbonyl (C=O) groups is 1. The molecule has 0 aromatic heterocycles. The summed E-state index contributed by atoms with van der Waals surface area (Å²) in [7, 11) is 3.55. The zero-order valence-electron chi connectivity index (χ0n) is 21.8. The van der Waals surface area contributed by atoms with Crippen LogP contribution in [0.3, 0.4) is 0 Å². The van der Waals surface area contributed by atoms with E-state index in [9.17, 15) is 4.79 Å². The summed E-state index contributed by atoms with van der Waals surface area (Å²) in [4.78, 5) is 17.5. The molecule has 1 unspecified atom stereocenters. The van der Waals surface area contributed by atoms with Crippen molar-refractivity contribution in [3.05, 3.63) is 69.7 Å². The maximum absolute atomic E-state index is 13.3. The summed E-state index contributed by atoms with van der Waals surface area (Å²) < 4.78 is 16.0. The Hall–Kier alpha value is -1.71. The number of halogens is 2. The number of amides is 1. The SMILES string of the molecule is COCCOCCOCCN[C@H]1CCN(CC(c2ccccc2)N(C)C(=O)Cc2ccc(Cl)c(Cl)c2)C1. The molecule has 1 amide bonds. The van der Waals surface area contributed by atoms with Crippen LogP contribution in [0.15, 0.2) is 48.5 Å². The fraction of sp³-hybridized carbons (Fsp3) is 0.536. The molecule has 204 valence electrons. The van der Waals surface area contributed by atoms with E-state index in [1.165, 1.54) is 0 Å². The molecule has 0 saturated carbocycles. The average molecular weight is 553 g/mol. The molecule has 1 saturated heterocycles. The number of carbonyl (C=O) groups excluding carboxylic acids is 1. The summed E-state index contributed by atoms with van der Waals surface area (Å²) in [6.07, 6.45) is 1.35. The van der Waals surface area contributed by atoms with Gasteiger partial charge in [-0.15, -0.1) is 0 Å². The molecule has 3 rings (SSSR count). The largest absolute Gasteiger partial charge is 0.382 e. The number of nitrogens with one attached hydrogen (secondary N) is 1. The van der Waals surface area contributed by atoms with E-state index in [-0.39, 0.29) is 18.4 Å². The van der Waals surface area contributed by atoms with E-state index in [4.69, 9.17) is 37.4 Å². The van der Waals surface area contributed by atoms with Crippen molar-refractivity contribution in [2.45, 2.75) is 24.9 Å². The number of ether oxygens (including phenoxy) is 3. The van der Waals surface area contributed by atoms with E-state index in [2.05, 4.69) is 22.3 Å². The van der Waals surface area contributed by atoms with Gasteiger partial charge in [0.2, 0.25) is 5.91 Å². The summed E-state index contributed by atoms with van der Waals surface area (Å²) >= 11 is 12.2. The van der Waals surface area contributed by atoms with Crippen molar-refractivity contribution in [2.75, 3.05) is 73.4 Å². The summed E-state index contributed by atoms with van der Waals surface area (Å²) in [5.41, 5.74) is 1.98. The first kappa shape index (κ1) is 29.8. The maximum Gasteiger partial charge on any atom is 0.227 e. The van der Waals surface area contributed by atoms with Gasteiger partial charge >= 0.3 is 0 Å². The van der Waals surface area contributed by atoms with Crippen LogP contribution in [0.5, 0.6) is 0 Å². The van der Waals surface area contributed by atoms with Gasteiger partial charge in [0, 0.05) is 39.8 Å². The molecule has 37 heavy (non-hydrogen) atoms. The lowest BCUT2D eigenvalue weighted by molar-refractivity contribution is -0.131. The van der Waals surface area contributed by atoms with Gasteiger partial charge in [0.05, 0.1) is 55.5 Å². The summed E-state index contributed by atoms with van der Waals surface area (Å²) in [6.45, 7) is 6.54. The molecule has 1 N–H and O–H groups in total. The molecule has 1 fully saturated rings. The third-order valence-electron chi connectivity index (χ3n) is 6.57. The van der Waals surface area contributed by atoms with E-state index < -0.39 is 0 Å². The van der Waals surface area contributed by atoms with Crippen LogP contribution in [0.25, 0.3) is 0 Å². The van der Waals surface area contributed by atoms with Crippen LogP contribution >= 0.6 is 23.2 Å². The van der Waals surface area contributed by atoms with Crippen molar-refractivity contribution in [1.82, 2.24) is 15.1 Å². The monoisotopic (exact) mass is 551 g/mol. The molecule has 0 aliphatic carbocycles. The number of methoxy groups -OCH3 is 1.